The lowest BCUT2D eigenvalue weighted by atomic mass is 10.3. The van der Waals surface area contributed by atoms with Gasteiger partial charge in [-0.3, -0.25) is 4.98 Å². The summed E-state index contributed by atoms with van der Waals surface area (Å²) in [5.41, 5.74) is 2.14. The molecule has 1 saturated heterocycles. The number of β-amino-alcohol motifs (C(OH)–C–C–N with tert-alkyl or cyclic N) is 1. The maximum Gasteiger partial charge on any atom is 0.0789 e. The minimum Gasteiger partial charge on any atom is -0.391 e. The van der Waals surface area contributed by atoms with E-state index in [-0.39, 0.29) is 6.10 Å². The third-order valence-electron chi connectivity index (χ3n) is 2.57. The summed E-state index contributed by atoms with van der Waals surface area (Å²) in [7, 11) is 1.89. The van der Waals surface area contributed by atoms with Crippen LogP contribution in [0.15, 0.2) is 18.5 Å². The maximum atomic E-state index is 9.44. The van der Waals surface area contributed by atoms with E-state index in [0.29, 0.717) is 6.54 Å². The van der Waals surface area contributed by atoms with Gasteiger partial charge in [0, 0.05) is 26.3 Å². The fraction of sp³-hybridized carbons (Fsp3) is 0.500. The molecule has 1 atom stereocenters. The van der Waals surface area contributed by atoms with E-state index in [1.807, 2.05) is 19.3 Å². The van der Waals surface area contributed by atoms with Gasteiger partial charge in [0.25, 0.3) is 0 Å². The number of nitrogens with zero attached hydrogens (tertiary/aromatic N) is 2. The van der Waals surface area contributed by atoms with Crippen LogP contribution < -0.4 is 10.2 Å². The van der Waals surface area contributed by atoms with Crippen LogP contribution in [0.2, 0.25) is 0 Å². The summed E-state index contributed by atoms with van der Waals surface area (Å²) in [6, 6.07) is 1.94. The highest BCUT2D eigenvalue weighted by molar-refractivity contribution is 5.68. The van der Waals surface area contributed by atoms with Crippen LogP contribution in [0.3, 0.4) is 0 Å². The van der Waals surface area contributed by atoms with E-state index in [9.17, 15) is 5.11 Å². The van der Waals surface area contributed by atoms with Crippen LogP contribution in [-0.2, 0) is 0 Å². The molecule has 4 heteroatoms. The molecule has 2 heterocycles. The fourth-order valence-corrected chi connectivity index (χ4v) is 1.81. The van der Waals surface area contributed by atoms with E-state index in [0.717, 1.165) is 24.3 Å². The Balaban J connectivity index is 2.22. The van der Waals surface area contributed by atoms with Gasteiger partial charge in [0.05, 0.1) is 23.7 Å². The van der Waals surface area contributed by atoms with Crippen molar-refractivity contribution in [2.45, 2.75) is 12.5 Å². The lowest BCUT2D eigenvalue weighted by molar-refractivity contribution is 0.198. The summed E-state index contributed by atoms with van der Waals surface area (Å²) >= 11 is 0. The largest absolute Gasteiger partial charge is 0.391 e. The molecule has 1 fully saturated rings. The lowest BCUT2D eigenvalue weighted by Gasteiger charge is -2.20. The molecule has 4 nitrogen and oxygen atoms in total. The van der Waals surface area contributed by atoms with Gasteiger partial charge in [-0.2, -0.15) is 0 Å². The summed E-state index contributed by atoms with van der Waals surface area (Å²) < 4.78 is 0. The summed E-state index contributed by atoms with van der Waals surface area (Å²) in [5.74, 6) is 0. The van der Waals surface area contributed by atoms with Gasteiger partial charge in [-0.25, -0.2) is 0 Å². The maximum absolute atomic E-state index is 9.44. The molecule has 2 rings (SSSR count). The first-order chi connectivity index (χ1) is 6.81. The molecule has 1 aliphatic heterocycles. The van der Waals surface area contributed by atoms with Crippen molar-refractivity contribution in [2.24, 2.45) is 0 Å². The number of aliphatic hydroxyl groups is 1. The first kappa shape index (κ1) is 9.27. The predicted octanol–water partition coefficient (Wildman–Crippen LogP) is 0.694. The predicted molar refractivity (Wildman–Crippen MR) is 56.6 cm³/mol. The first-order valence-corrected chi connectivity index (χ1v) is 4.86. The van der Waals surface area contributed by atoms with Crippen LogP contribution in [0.1, 0.15) is 6.42 Å². The van der Waals surface area contributed by atoms with E-state index >= 15 is 0 Å². The molecule has 0 aliphatic carbocycles. The van der Waals surface area contributed by atoms with Gasteiger partial charge in [-0.15, -0.1) is 0 Å². The number of anilines is 2. The normalized spacial score (nSPS) is 21.3. The Morgan fingerprint density at radius 3 is 3.14 bits per heavy atom. The SMILES string of the molecule is CNc1ccncc1N1CC[C@@H](O)C1. The molecule has 14 heavy (non-hydrogen) atoms. The lowest BCUT2D eigenvalue weighted by Crippen LogP contribution is -2.22. The zero-order valence-electron chi connectivity index (χ0n) is 8.27. The summed E-state index contributed by atoms with van der Waals surface area (Å²) in [6.07, 6.45) is 4.25. The molecule has 1 aromatic rings. The Morgan fingerprint density at radius 2 is 2.50 bits per heavy atom. The molecule has 0 spiro atoms. The standard InChI is InChI=1S/C10H15N3O/c1-11-9-2-4-12-6-10(9)13-5-3-8(14)7-13/h2,4,6,8,14H,3,5,7H2,1H3,(H,11,12)/t8-/m1/s1. The molecular formula is C10H15N3O. The van der Waals surface area contributed by atoms with E-state index in [1.165, 1.54) is 0 Å². The van der Waals surface area contributed by atoms with Crippen molar-refractivity contribution in [1.82, 2.24) is 4.98 Å². The quantitative estimate of drug-likeness (QED) is 0.725. The number of aliphatic hydroxyl groups excluding tert-OH is 1. The molecule has 76 valence electrons. The smallest absolute Gasteiger partial charge is 0.0789 e. The average molecular weight is 193 g/mol. The highest BCUT2D eigenvalue weighted by atomic mass is 16.3. The van der Waals surface area contributed by atoms with Gasteiger partial charge in [-0.1, -0.05) is 0 Å². The molecular weight excluding hydrogens is 178 g/mol. The van der Waals surface area contributed by atoms with Crippen molar-refractivity contribution in [3.05, 3.63) is 18.5 Å². The third kappa shape index (κ3) is 1.65. The Morgan fingerprint density at radius 1 is 1.64 bits per heavy atom. The van der Waals surface area contributed by atoms with Gasteiger partial charge in [-0.05, 0) is 12.5 Å². The highest BCUT2D eigenvalue weighted by Gasteiger charge is 2.21. The van der Waals surface area contributed by atoms with Crippen molar-refractivity contribution >= 4 is 11.4 Å². The number of pyridine rings is 1. The first-order valence-electron chi connectivity index (χ1n) is 4.86. The van der Waals surface area contributed by atoms with Crippen LogP contribution >= 0.6 is 0 Å². The van der Waals surface area contributed by atoms with E-state index in [1.54, 1.807) is 6.20 Å². The minimum atomic E-state index is -0.195. The Kier molecular flexibility index (Phi) is 2.54. The Labute approximate surface area is 83.6 Å². The second-order valence-electron chi connectivity index (χ2n) is 3.53. The van der Waals surface area contributed by atoms with Crippen molar-refractivity contribution in [3.8, 4) is 0 Å². The van der Waals surface area contributed by atoms with E-state index < -0.39 is 0 Å². The van der Waals surface area contributed by atoms with Crippen LogP contribution in [0.4, 0.5) is 11.4 Å². The molecule has 1 aromatic heterocycles. The Hall–Kier alpha value is -1.29. The van der Waals surface area contributed by atoms with Crippen molar-refractivity contribution in [3.63, 3.8) is 0 Å². The number of rotatable bonds is 2. The van der Waals surface area contributed by atoms with Gasteiger partial charge in [0.2, 0.25) is 0 Å². The second-order valence-corrected chi connectivity index (χ2v) is 3.53. The number of hydrogen-bond acceptors (Lipinski definition) is 4. The highest BCUT2D eigenvalue weighted by Crippen LogP contribution is 2.27. The van der Waals surface area contributed by atoms with Crippen LogP contribution in [-0.4, -0.2) is 36.3 Å². The summed E-state index contributed by atoms with van der Waals surface area (Å²) in [5, 5.41) is 12.6. The van der Waals surface area contributed by atoms with Crippen molar-refractivity contribution < 1.29 is 5.11 Å². The van der Waals surface area contributed by atoms with Gasteiger partial charge in [0.15, 0.2) is 0 Å². The third-order valence-corrected chi connectivity index (χ3v) is 2.57. The minimum absolute atomic E-state index is 0.195. The molecule has 0 aromatic carbocycles. The second kappa shape index (κ2) is 3.84. The van der Waals surface area contributed by atoms with Gasteiger partial charge < -0.3 is 15.3 Å². The number of aromatic nitrogens is 1. The summed E-state index contributed by atoms with van der Waals surface area (Å²) in [4.78, 5) is 6.26. The molecule has 0 saturated carbocycles. The molecule has 2 N–H and O–H groups in total. The van der Waals surface area contributed by atoms with E-state index in [2.05, 4.69) is 15.2 Å². The molecule has 0 radical (unpaired) electrons. The van der Waals surface area contributed by atoms with Gasteiger partial charge in [0.1, 0.15) is 0 Å². The molecule has 0 bridgehead atoms. The van der Waals surface area contributed by atoms with Gasteiger partial charge >= 0.3 is 0 Å². The zero-order chi connectivity index (χ0) is 9.97. The monoisotopic (exact) mass is 193 g/mol. The molecule has 0 amide bonds. The van der Waals surface area contributed by atoms with Crippen molar-refractivity contribution in [1.29, 1.82) is 0 Å². The average Bonchev–Trinajstić information content (AvgIpc) is 2.65. The fourth-order valence-electron chi connectivity index (χ4n) is 1.81. The molecule has 0 unspecified atom stereocenters. The van der Waals surface area contributed by atoms with Crippen LogP contribution in [0, 0.1) is 0 Å². The summed E-state index contributed by atoms with van der Waals surface area (Å²) in [6.45, 7) is 1.61. The molecule has 1 aliphatic rings. The van der Waals surface area contributed by atoms with Crippen molar-refractivity contribution in [2.75, 3.05) is 30.4 Å². The van der Waals surface area contributed by atoms with Crippen LogP contribution in [0.25, 0.3) is 0 Å². The Bertz CT molecular complexity index is 316. The zero-order valence-corrected chi connectivity index (χ0v) is 8.27. The van der Waals surface area contributed by atoms with Crippen LogP contribution in [0.5, 0.6) is 0 Å². The topological polar surface area (TPSA) is 48.4 Å². The van der Waals surface area contributed by atoms with E-state index in [4.69, 9.17) is 0 Å². The number of nitrogens with one attached hydrogen (secondary N) is 1. The number of hydrogen-bond donors (Lipinski definition) is 2.